The Morgan fingerprint density at radius 1 is 0.868 bits per heavy atom. The molecule has 4 atom stereocenters. The second-order valence-corrected chi connectivity index (χ2v) is 15.8. The molecule has 2 saturated carbocycles. The number of thiophene rings is 1. The van der Waals surface area contributed by atoms with Crippen molar-refractivity contribution in [2.75, 3.05) is 12.4 Å². The van der Waals surface area contributed by atoms with Crippen molar-refractivity contribution >= 4 is 55.0 Å². The van der Waals surface area contributed by atoms with Crippen LogP contribution in [0, 0.1) is 29.0 Å². The minimum absolute atomic E-state index is 0.0000787. The minimum Gasteiger partial charge on any atom is -0.496 e. The van der Waals surface area contributed by atoms with Gasteiger partial charge in [0.05, 0.1) is 35.1 Å². The largest absolute Gasteiger partial charge is 0.496 e. The highest BCUT2D eigenvalue weighted by Crippen LogP contribution is 2.45. The topological polar surface area (TPSA) is 103 Å². The van der Waals surface area contributed by atoms with E-state index in [-0.39, 0.29) is 53.5 Å². The highest BCUT2D eigenvalue weighted by atomic mass is 32.1. The predicted octanol–water partition coefficient (Wildman–Crippen LogP) is 8.83. The van der Waals surface area contributed by atoms with Gasteiger partial charge in [-0.15, -0.1) is 11.3 Å². The molecular weight excluding hydrogens is 692 g/mol. The van der Waals surface area contributed by atoms with Gasteiger partial charge < -0.3 is 24.8 Å². The van der Waals surface area contributed by atoms with E-state index in [9.17, 15) is 14.4 Å². The van der Waals surface area contributed by atoms with Crippen LogP contribution in [0.25, 0.3) is 20.9 Å². The second kappa shape index (κ2) is 14.3. The van der Waals surface area contributed by atoms with Crippen LogP contribution in [0.1, 0.15) is 54.9 Å². The molecule has 1 aromatic heterocycles. The summed E-state index contributed by atoms with van der Waals surface area (Å²) in [4.78, 5) is 40.8. The third kappa shape index (κ3) is 7.00. The first-order valence-electron chi connectivity index (χ1n) is 18.2. The van der Waals surface area contributed by atoms with Crippen LogP contribution < -0.4 is 20.1 Å². The van der Waals surface area contributed by atoms with E-state index in [4.69, 9.17) is 14.2 Å². The van der Waals surface area contributed by atoms with Crippen molar-refractivity contribution in [2.45, 2.75) is 57.8 Å². The Labute approximate surface area is 311 Å². The molecule has 3 aliphatic carbocycles. The number of anilines is 1. The van der Waals surface area contributed by atoms with Crippen molar-refractivity contribution in [1.82, 2.24) is 5.32 Å². The van der Waals surface area contributed by atoms with Gasteiger partial charge in [-0.3, -0.25) is 14.4 Å². The Hall–Kier alpha value is -5.22. The first kappa shape index (κ1) is 34.8. The van der Waals surface area contributed by atoms with Crippen LogP contribution in [0.2, 0.25) is 0 Å². The minimum atomic E-state index is -0.685. The number of hydrogen-bond acceptors (Lipinski definition) is 7. The molecule has 0 radical (unpaired) electrons. The third-order valence-electron chi connectivity index (χ3n) is 11.2. The molecule has 0 saturated heterocycles. The summed E-state index contributed by atoms with van der Waals surface area (Å²) in [5.74, 6) is -1.97. The van der Waals surface area contributed by atoms with Gasteiger partial charge in [-0.25, -0.2) is 4.39 Å². The van der Waals surface area contributed by atoms with E-state index >= 15 is 4.39 Å². The number of carbonyl (C=O) groups is 3. The highest BCUT2D eigenvalue weighted by molar-refractivity contribution is 7.22. The first-order valence-corrected chi connectivity index (χ1v) is 19.0. The first-order chi connectivity index (χ1) is 25.7. The van der Waals surface area contributed by atoms with E-state index in [1.807, 2.05) is 79.7 Å². The predicted molar refractivity (Wildman–Crippen MR) is 204 cm³/mol. The van der Waals surface area contributed by atoms with Crippen molar-refractivity contribution < 1.29 is 33.0 Å². The van der Waals surface area contributed by atoms with Gasteiger partial charge in [0, 0.05) is 16.8 Å². The van der Waals surface area contributed by atoms with Crippen LogP contribution in [-0.2, 0) is 20.9 Å². The maximum Gasteiger partial charge on any atom is 0.312 e. The van der Waals surface area contributed by atoms with Crippen molar-refractivity contribution in [3.8, 4) is 11.5 Å². The molecular formula is C43H41FN2O6S. The van der Waals surface area contributed by atoms with E-state index in [2.05, 4.69) is 22.8 Å². The average molecular weight is 733 g/mol. The monoisotopic (exact) mass is 732 g/mol. The van der Waals surface area contributed by atoms with Crippen molar-refractivity contribution in [3.63, 3.8) is 0 Å². The standard InChI is InChI=1S/C43H41FN2O6S/c1-43(42(49)51-24-25-11-12-26-7-3-4-8-27(26)19-25)17-15-31(16-18-43)52-35-22-32(34(50-2)23-33(35)44)40(47)46-39-30-14-13-29(20-30)38(39)41(48)45-37-21-28-9-5-6-10-36(28)53-37/h3-14,19,21-23,29-31,38-39H,15-18,20,24H2,1-2H3,(H,45,48)(H,46,47)/t29-,30+,31?,38+,39-,43?/m1/s1. The average Bonchev–Trinajstić information content (AvgIpc) is 3.90. The number of allylic oxidation sites excluding steroid dienone is 1. The molecule has 2 N–H and O–H groups in total. The number of methoxy groups -OCH3 is 1. The summed E-state index contributed by atoms with van der Waals surface area (Å²) in [6.07, 6.45) is 6.60. The number of carbonyl (C=O) groups excluding carboxylic acids is 3. The number of amides is 2. The summed E-state index contributed by atoms with van der Waals surface area (Å²) in [6, 6.07) is 26.1. The summed E-state index contributed by atoms with van der Waals surface area (Å²) in [5, 5.41) is 10.2. The van der Waals surface area contributed by atoms with Gasteiger partial charge >= 0.3 is 5.97 Å². The Morgan fingerprint density at radius 3 is 2.38 bits per heavy atom. The number of ether oxygens (including phenoxy) is 3. The molecule has 53 heavy (non-hydrogen) atoms. The van der Waals surface area contributed by atoms with Gasteiger partial charge in [0.1, 0.15) is 12.4 Å². The van der Waals surface area contributed by atoms with Gasteiger partial charge in [0.15, 0.2) is 11.6 Å². The lowest BCUT2D eigenvalue weighted by Crippen LogP contribution is -2.47. The maximum atomic E-state index is 15.4. The molecule has 8 rings (SSSR count). The van der Waals surface area contributed by atoms with Crippen LogP contribution >= 0.6 is 11.3 Å². The summed E-state index contributed by atoms with van der Waals surface area (Å²) in [7, 11) is 1.38. The molecule has 10 heteroatoms. The molecule has 1 heterocycles. The molecule has 4 aromatic carbocycles. The van der Waals surface area contributed by atoms with E-state index < -0.39 is 29.1 Å². The summed E-state index contributed by atoms with van der Waals surface area (Å²) >= 11 is 1.51. The van der Waals surface area contributed by atoms with E-state index in [0.29, 0.717) is 25.7 Å². The summed E-state index contributed by atoms with van der Waals surface area (Å²) in [5.41, 5.74) is 0.363. The highest BCUT2D eigenvalue weighted by Gasteiger charge is 2.49. The normalized spacial score (nSPS) is 24.6. The van der Waals surface area contributed by atoms with Crippen LogP contribution in [0.15, 0.2) is 97.1 Å². The van der Waals surface area contributed by atoms with Crippen molar-refractivity contribution in [1.29, 1.82) is 0 Å². The molecule has 8 nitrogen and oxygen atoms in total. The van der Waals surface area contributed by atoms with Crippen LogP contribution in [0.5, 0.6) is 11.5 Å². The number of hydrogen-bond donors (Lipinski definition) is 2. The van der Waals surface area contributed by atoms with Crippen LogP contribution in [0.4, 0.5) is 9.39 Å². The molecule has 0 aliphatic heterocycles. The van der Waals surface area contributed by atoms with E-state index in [1.165, 1.54) is 24.5 Å². The molecule has 0 spiro atoms. The lowest BCUT2D eigenvalue weighted by Gasteiger charge is -2.35. The van der Waals surface area contributed by atoms with Gasteiger partial charge in [-0.05, 0) is 96.9 Å². The van der Waals surface area contributed by atoms with Crippen LogP contribution in [0.3, 0.4) is 0 Å². The van der Waals surface area contributed by atoms with Gasteiger partial charge in [-0.2, -0.15) is 0 Å². The van der Waals surface area contributed by atoms with Crippen LogP contribution in [-0.4, -0.2) is 37.0 Å². The molecule has 3 aliphatic rings. The Kier molecular flexibility index (Phi) is 9.41. The number of esters is 1. The molecule has 272 valence electrons. The Morgan fingerprint density at radius 2 is 1.60 bits per heavy atom. The SMILES string of the molecule is COc1cc(F)c(OC2CCC(C)(C(=O)OCc3ccc4ccccc4c3)CC2)cc1C(=O)N[C@H]1[C@@H](C(=O)Nc2cc3ccccc3s2)[C@@H]2C=C[C@H]1C2. The molecule has 2 fully saturated rings. The molecule has 5 aromatic rings. The Bertz CT molecular complexity index is 2210. The lowest BCUT2D eigenvalue weighted by atomic mass is 9.74. The van der Waals surface area contributed by atoms with Crippen molar-refractivity contribution in [2.24, 2.45) is 23.2 Å². The summed E-state index contributed by atoms with van der Waals surface area (Å²) in [6.45, 7) is 2.10. The summed E-state index contributed by atoms with van der Waals surface area (Å²) < 4.78 is 33.8. The van der Waals surface area contributed by atoms with Gasteiger partial charge in [0.25, 0.3) is 5.91 Å². The number of halogens is 1. The van der Waals surface area contributed by atoms with E-state index in [0.717, 1.165) is 43.9 Å². The number of nitrogens with one attached hydrogen (secondary N) is 2. The lowest BCUT2D eigenvalue weighted by molar-refractivity contribution is -0.159. The maximum absolute atomic E-state index is 15.4. The fourth-order valence-corrected chi connectivity index (χ4v) is 9.17. The number of rotatable bonds is 10. The molecule has 2 amide bonds. The fourth-order valence-electron chi connectivity index (χ4n) is 8.21. The second-order valence-electron chi connectivity index (χ2n) is 14.7. The Balaban J connectivity index is 0.906. The van der Waals surface area contributed by atoms with Gasteiger partial charge in [0.2, 0.25) is 5.91 Å². The quantitative estimate of drug-likeness (QED) is 0.110. The fraction of sp³-hybridized carbons (Fsp3) is 0.326. The zero-order valence-electron chi connectivity index (χ0n) is 29.6. The third-order valence-corrected chi connectivity index (χ3v) is 12.3. The van der Waals surface area contributed by atoms with Gasteiger partial charge in [-0.1, -0.05) is 66.7 Å². The zero-order valence-corrected chi connectivity index (χ0v) is 30.4. The zero-order chi connectivity index (χ0) is 36.7. The van der Waals surface area contributed by atoms with E-state index in [1.54, 1.807) is 0 Å². The number of fused-ring (bicyclic) bond motifs is 4. The molecule has 0 unspecified atom stereocenters. The smallest absolute Gasteiger partial charge is 0.312 e. The van der Waals surface area contributed by atoms with Crippen molar-refractivity contribution in [3.05, 3.63) is 114 Å². The number of benzene rings is 4. The molecule has 2 bridgehead atoms.